The Kier molecular flexibility index (Phi) is 8.86. The Hall–Kier alpha value is -3.80. The van der Waals surface area contributed by atoms with Crippen molar-refractivity contribution >= 4 is 16.1 Å². The number of ether oxygens (including phenoxy) is 4. The summed E-state index contributed by atoms with van der Waals surface area (Å²) in [4.78, 5) is 13.9. The molecule has 1 fully saturated rings. The Morgan fingerprint density at radius 3 is 2.40 bits per heavy atom. The molecular formula is C32H38N2O8S. The first-order valence-corrected chi connectivity index (χ1v) is 15.7. The standard InChI is InChI=1S/C32H38N2O8S/c1-22(2)18-33(43(37,38)26-14-15-28-29(17-26)41-21-40-28)19-30-27(34(31(35)36)32(3,4)42-30)16-23-10-12-25(13-11-23)39-20-24-8-6-5-7-9-24/h5-15,17,22,27,30H,16,18-21H2,1-4H3,(H,35,36)/t27-,30+/m0/s1. The lowest BCUT2D eigenvalue weighted by atomic mass is 10.00. The number of fused-ring (bicyclic) bond motifs is 1. The van der Waals surface area contributed by atoms with Gasteiger partial charge in [-0.15, -0.1) is 0 Å². The monoisotopic (exact) mass is 610 g/mol. The zero-order chi connectivity index (χ0) is 30.8. The van der Waals surface area contributed by atoms with Crippen LogP contribution in [0.4, 0.5) is 4.79 Å². The van der Waals surface area contributed by atoms with Crippen LogP contribution in [0.5, 0.6) is 17.2 Å². The van der Waals surface area contributed by atoms with Gasteiger partial charge in [0.2, 0.25) is 16.8 Å². The molecule has 230 valence electrons. The number of hydrogen-bond acceptors (Lipinski definition) is 7. The molecule has 0 bridgehead atoms. The van der Waals surface area contributed by atoms with Crippen LogP contribution in [0, 0.1) is 5.92 Å². The third-order valence-corrected chi connectivity index (χ3v) is 9.37. The highest BCUT2D eigenvalue weighted by atomic mass is 32.2. The Morgan fingerprint density at radius 2 is 1.72 bits per heavy atom. The molecule has 1 N–H and O–H groups in total. The van der Waals surface area contributed by atoms with Gasteiger partial charge in [-0.2, -0.15) is 4.31 Å². The van der Waals surface area contributed by atoms with Gasteiger partial charge in [0, 0.05) is 19.2 Å². The van der Waals surface area contributed by atoms with Crippen molar-refractivity contribution in [3.8, 4) is 17.2 Å². The van der Waals surface area contributed by atoms with E-state index >= 15 is 0 Å². The predicted octanol–water partition coefficient (Wildman–Crippen LogP) is 5.37. The third-order valence-electron chi connectivity index (χ3n) is 7.54. The molecule has 3 aromatic carbocycles. The Morgan fingerprint density at radius 1 is 1.02 bits per heavy atom. The van der Waals surface area contributed by atoms with Gasteiger partial charge < -0.3 is 24.1 Å². The van der Waals surface area contributed by atoms with Gasteiger partial charge in [-0.25, -0.2) is 13.2 Å². The van der Waals surface area contributed by atoms with E-state index in [1.54, 1.807) is 19.9 Å². The molecule has 0 radical (unpaired) electrons. The smallest absolute Gasteiger partial charge is 0.409 e. The minimum absolute atomic E-state index is 0.00987. The first-order valence-electron chi connectivity index (χ1n) is 14.3. The van der Waals surface area contributed by atoms with Gasteiger partial charge in [-0.1, -0.05) is 56.3 Å². The van der Waals surface area contributed by atoms with Crippen LogP contribution >= 0.6 is 0 Å². The van der Waals surface area contributed by atoms with E-state index in [9.17, 15) is 18.3 Å². The number of hydrogen-bond donors (Lipinski definition) is 1. The van der Waals surface area contributed by atoms with E-state index in [0.29, 0.717) is 30.3 Å². The lowest BCUT2D eigenvalue weighted by Gasteiger charge is -2.31. The summed E-state index contributed by atoms with van der Waals surface area (Å²) >= 11 is 0. The fourth-order valence-electron chi connectivity index (χ4n) is 5.59. The molecule has 3 aromatic rings. The van der Waals surface area contributed by atoms with Gasteiger partial charge in [-0.3, -0.25) is 4.90 Å². The Bertz CT molecular complexity index is 1530. The van der Waals surface area contributed by atoms with Crippen LogP contribution in [-0.4, -0.2) is 66.6 Å². The molecule has 2 heterocycles. The van der Waals surface area contributed by atoms with Crippen molar-refractivity contribution < 1.29 is 37.3 Å². The molecule has 0 saturated carbocycles. The van der Waals surface area contributed by atoms with E-state index in [1.165, 1.54) is 21.3 Å². The number of amides is 1. The lowest BCUT2D eigenvalue weighted by molar-refractivity contribution is -0.0690. The molecule has 2 aliphatic heterocycles. The number of sulfonamides is 1. The van der Waals surface area contributed by atoms with Crippen LogP contribution in [0.1, 0.15) is 38.8 Å². The van der Waals surface area contributed by atoms with Crippen molar-refractivity contribution in [1.29, 1.82) is 0 Å². The zero-order valence-corrected chi connectivity index (χ0v) is 25.6. The van der Waals surface area contributed by atoms with Crippen molar-refractivity contribution in [3.63, 3.8) is 0 Å². The summed E-state index contributed by atoms with van der Waals surface area (Å²) in [6, 6.07) is 21.3. The number of nitrogens with zero attached hydrogens (tertiary/aromatic N) is 2. The van der Waals surface area contributed by atoms with Crippen LogP contribution in [0.25, 0.3) is 0 Å². The van der Waals surface area contributed by atoms with Crippen LogP contribution in [0.3, 0.4) is 0 Å². The maximum atomic E-state index is 13.9. The molecule has 1 saturated heterocycles. The van der Waals surface area contributed by atoms with Crippen molar-refractivity contribution in [2.75, 3.05) is 19.9 Å². The van der Waals surface area contributed by atoms with Crippen molar-refractivity contribution in [2.45, 2.75) is 63.5 Å². The first-order chi connectivity index (χ1) is 20.4. The van der Waals surface area contributed by atoms with E-state index < -0.39 is 34.0 Å². The van der Waals surface area contributed by atoms with Crippen molar-refractivity contribution in [3.05, 3.63) is 83.9 Å². The van der Waals surface area contributed by atoms with Gasteiger partial charge in [0.05, 0.1) is 17.0 Å². The third kappa shape index (κ3) is 6.90. The molecule has 2 atom stereocenters. The molecule has 43 heavy (non-hydrogen) atoms. The molecule has 10 nitrogen and oxygen atoms in total. The molecule has 11 heteroatoms. The molecule has 0 aromatic heterocycles. The SMILES string of the molecule is CC(C)CN(C[C@H]1OC(C)(C)N(C(=O)O)[C@H]1Cc1ccc(OCc2ccccc2)cc1)S(=O)(=O)c1ccc2c(c1)OCO2. The maximum absolute atomic E-state index is 13.9. The van der Waals surface area contributed by atoms with Crippen LogP contribution in [0.2, 0.25) is 0 Å². The van der Waals surface area contributed by atoms with Gasteiger partial charge in [0.25, 0.3) is 0 Å². The number of rotatable bonds is 11. The van der Waals surface area contributed by atoms with Crippen molar-refractivity contribution in [2.24, 2.45) is 5.92 Å². The lowest BCUT2D eigenvalue weighted by Crippen LogP contribution is -2.50. The maximum Gasteiger partial charge on any atom is 0.409 e. The number of benzene rings is 3. The summed E-state index contributed by atoms with van der Waals surface area (Å²) in [7, 11) is -3.98. The largest absolute Gasteiger partial charge is 0.489 e. The minimum atomic E-state index is -3.98. The van der Waals surface area contributed by atoms with Gasteiger partial charge in [0.1, 0.15) is 18.1 Å². The summed E-state index contributed by atoms with van der Waals surface area (Å²) in [5.41, 5.74) is 0.772. The molecule has 0 spiro atoms. The Labute approximate surface area is 252 Å². The van der Waals surface area contributed by atoms with Crippen LogP contribution in [-0.2, 0) is 27.8 Å². The highest BCUT2D eigenvalue weighted by Gasteiger charge is 2.51. The first kappa shape index (κ1) is 30.7. The number of carboxylic acid groups (broad SMARTS) is 1. The topological polar surface area (TPSA) is 115 Å². The minimum Gasteiger partial charge on any atom is -0.489 e. The fraction of sp³-hybridized carbons (Fsp3) is 0.406. The summed E-state index contributed by atoms with van der Waals surface area (Å²) < 4.78 is 52.2. The van der Waals surface area contributed by atoms with Gasteiger partial charge >= 0.3 is 6.09 Å². The second-order valence-corrected chi connectivity index (χ2v) is 13.6. The van der Waals surface area contributed by atoms with E-state index in [0.717, 1.165) is 11.1 Å². The van der Waals surface area contributed by atoms with E-state index in [1.807, 2.05) is 68.4 Å². The molecule has 0 aliphatic carbocycles. The van der Waals surface area contributed by atoms with Crippen LogP contribution < -0.4 is 14.2 Å². The highest BCUT2D eigenvalue weighted by molar-refractivity contribution is 7.89. The summed E-state index contributed by atoms with van der Waals surface area (Å²) in [6.45, 7) is 7.92. The molecule has 1 amide bonds. The quantitative estimate of drug-likeness (QED) is 0.308. The fourth-order valence-corrected chi connectivity index (χ4v) is 7.23. The molecular weight excluding hydrogens is 572 g/mol. The van der Waals surface area contributed by atoms with E-state index in [4.69, 9.17) is 18.9 Å². The second kappa shape index (κ2) is 12.4. The van der Waals surface area contributed by atoms with Crippen molar-refractivity contribution in [1.82, 2.24) is 9.21 Å². The van der Waals surface area contributed by atoms with E-state index in [2.05, 4.69) is 0 Å². The summed E-state index contributed by atoms with van der Waals surface area (Å²) in [6.07, 6.45) is -1.52. The number of carbonyl (C=O) groups is 1. The molecule has 0 unspecified atom stereocenters. The summed E-state index contributed by atoms with van der Waals surface area (Å²) in [5.74, 6) is 1.56. The average molecular weight is 611 g/mol. The predicted molar refractivity (Wildman–Crippen MR) is 160 cm³/mol. The van der Waals surface area contributed by atoms with E-state index in [-0.39, 0.29) is 30.7 Å². The normalized spacial score (nSPS) is 19.3. The van der Waals surface area contributed by atoms with Gasteiger partial charge in [0.15, 0.2) is 11.5 Å². The molecule has 5 rings (SSSR count). The zero-order valence-electron chi connectivity index (χ0n) is 24.8. The second-order valence-electron chi connectivity index (χ2n) is 11.7. The van der Waals surface area contributed by atoms with Gasteiger partial charge in [-0.05, 0) is 61.6 Å². The summed E-state index contributed by atoms with van der Waals surface area (Å²) in [5, 5.41) is 10.2. The molecule has 2 aliphatic rings. The highest BCUT2D eigenvalue weighted by Crippen LogP contribution is 2.37. The average Bonchev–Trinajstić information content (AvgIpc) is 3.53. The van der Waals surface area contributed by atoms with Crippen LogP contribution in [0.15, 0.2) is 77.7 Å². The Balaban J connectivity index is 1.38.